The van der Waals surface area contributed by atoms with Gasteiger partial charge in [-0.25, -0.2) is 0 Å². The number of benzene rings is 2. The van der Waals surface area contributed by atoms with Crippen LogP contribution in [0.25, 0.3) is 0 Å². The lowest BCUT2D eigenvalue weighted by Crippen LogP contribution is -2.42. The van der Waals surface area contributed by atoms with Gasteiger partial charge >= 0.3 is 5.97 Å². The number of fused-ring (bicyclic) bond motifs is 1. The van der Waals surface area contributed by atoms with E-state index in [1.54, 1.807) is 17.0 Å². The minimum Gasteiger partial charge on any atom is -0.455 e. The second-order valence-corrected chi connectivity index (χ2v) is 8.97. The van der Waals surface area contributed by atoms with Crippen LogP contribution in [0, 0.1) is 11.8 Å². The first kappa shape index (κ1) is 22.6. The third-order valence-corrected chi connectivity index (χ3v) is 6.83. The van der Waals surface area contributed by atoms with Crippen molar-refractivity contribution in [1.82, 2.24) is 0 Å². The van der Waals surface area contributed by atoms with E-state index in [2.05, 4.69) is 5.32 Å². The predicted octanol–water partition coefficient (Wildman–Crippen LogP) is 4.87. The number of halogens is 2. The Morgan fingerprint density at radius 3 is 2.53 bits per heavy atom. The highest BCUT2D eigenvalue weighted by molar-refractivity contribution is 6.42. The Bertz CT molecular complexity index is 1040. The Morgan fingerprint density at radius 1 is 1.00 bits per heavy atom. The van der Waals surface area contributed by atoms with Gasteiger partial charge in [0.1, 0.15) is 0 Å². The van der Waals surface area contributed by atoms with Crippen LogP contribution in [-0.2, 0) is 25.5 Å². The molecule has 1 N–H and O–H groups in total. The summed E-state index contributed by atoms with van der Waals surface area (Å²) in [6, 6.07) is 12.6. The molecule has 2 aliphatic rings. The smallest absolute Gasteiger partial charge is 0.310 e. The summed E-state index contributed by atoms with van der Waals surface area (Å²) in [4.78, 5) is 40.2. The zero-order chi connectivity index (χ0) is 22.7. The van der Waals surface area contributed by atoms with Gasteiger partial charge in [-0.15, -0.1) is 0 Å². The van der Waals surface area contributed by atoms with Crippen molar-refractivity contribution >= 4 is 52.4 Å². The molecule has 2 atom stereocenters. The summed E-state index contributed by atoms with van der Waals surface area (Å²) in [5.74, 6) is -1.98. The van der Waals surface area contributed by atoms with Gasteiger partial charge in [0, 0.05) is 17.9 Å². The van der Waals surface area contributed by atoms with Crippen LogP contribution in [0.15, 0.2) is 42.5 Å². The quantitative estimate of drug-likeness (QED) is 0.627. The Hall–Kier alpha value is -2.57. The van der Waals surface area contributed by atoms with Crippen molar-refractivity contribution in [3.8, 4) is 0 Å². The number of hydrogen-bond acceptors (Lipinski definition) is 4. The Labute approximate surface area is 196 Å². The Morgan fingerprint density at radius 2 is 1.75 bits per heavy atom. The highest BCUT2D eigenvalue weighted by Crippen LogP contribution is 2.36. The molecule has 2 aromatic carbocycles. The van der Waals surface area contributed by atoms with Crippen LogP contribution in [-0.4, -0.2) is 30.9 Å². The van der Waals surface area contributed by atoms with Gasteiger partial charge in [-0.1, -0.05) is 54.2 Å². The number of esters is 1. The summed E-state index contributed by atoms with van der Waals surface area (Å²) in [7, 11) is 0. The maximum Gasteiger partial charge on any atom is 0.310 e. The van der Waals surface area contributed by atoms with Crippen LogP contribution in [0.1, 0.15) is 31.2 Å². The van der Waals surface area contributed by atoms with Gasteiger partial charge < -0.3 is 15.0 Å². The van der Waals surface area contributed by atoms with Crippen LogP contribution in [0.5, 0.6) is 0 Å². The Balaban J connectivity index is 1.37. The van der Waals surface area contributed by atoms with Crippen LogP contribution < -0.4 is 10.2 Å². The molecule has 1 aliphatic carbocycles. The largest absolute Gasteiger partial charge is 0.455 e. The van der Waals surface area contributed by atoms with E-state index in [1.807, 2.05) is 24.3 Å². The fourth-order valence-electron chi connectivity index (χ4n) is 4.49. The number of amides is 2. The van der Waals surface area contributed by atoms with Crippen molar-refractivity contribution in [2.75, 3.05) is 23.4 Å². The molecule has 0 bridgehead atoms. The fourth-order valence-corrected chi connectivity index (χ4v) is 4.79. The number of nitrogens with one attached hydrogen (secondary N) is 1. The van der Waals surface area contributed by atoms with Crippen LogP contribution in [0.4, 0.5) is 11.4 Å². The Kier molecular flexibility index (Phi) is 7.01. The molecule has 6 nitrogen and oxygen atoms in total. The molecule has 0 saturated heterocycles. The molecule has 2 unspecified atom stereocenters. The molecule has 0 aromatic heterocycles. The van der Waals surface area contributed by atoms with Gasteiger partial charge in [0.2, 0.25) is 5.91 Å². The summed E-state index contributed by atoms with van der Waals surface area (Å²) in [6.07, 6.45) is 3.80. The molecule has 4 rings (SSSR count). The summed E-state index contributed by atoms with van der Waals surface area (Å²) < 4.78 is 5.30. The van der Waals surface area contributed by atoms with E-state index in [4.69, 9.17) is 27.9 Å². The molecule has 0 radical (unpaired) electrons. The monoisotopic (exact) mass is 474 g/mol. The fraction of sp³-hybridized carbons (Fsp3) is 0.375. The number of para-hydroxylation sites is 1. The molecule has 1 fully saturated rings. The summed E-state index contributed by atoms with van der Waals surface area (Å²) in [6.45, 7) is 0.200. The maximum absolute atomic E-state index is 13.3. The lowest BCUT2D eigenvalue weighted by Gasteiger charge is -2.32. The van der Waals surface area contributed by atoms with Crippen LogP contribution >= 0.6 is 23.2 Å². The lowest BCUT2D eigenvalue weighted by atomic mass is 9.78. The molecule has 1 heterocycles. The molecule has 0 spiro atoms. The molecule has 168 valence electrons. The number of nitrogens with zero attached hydrogens (tertiary/aromatic N) is 1. The number of anilines is 2. The maximum atomic E-state index is 13.3. The minimum atomic E-state index is -0.540. The van der Waals surface area contributed by atoms with Crippen molar-refractivity contribution in [2.24, 2.45) is 11.8 Å². The van der Waals surface area contributed by atoms with Crippen molar-refractivity contribution in [2.45, 2.75) is 32.1 Å². The predicted molar refractivity (Wildman–Crippen MR) is 124 cm³/mol. The van der Waals surface area contributed by atoms with Gasteiger partial charge in [0.15, 0.2) is 6.61 Å². The molecular weight excluding hydrogens is 451 g/mol. The third-order valence-electron chi connectivity index (χ3n) is 6.09. The summed E-state index contributed by atoms with van der Waals surface area (Å²) in [5.41, 5.74) is 2.53. The van der Waals surface area contributed by atoms with Gasteiger partial charge in [0.05, 0.1) is 21.9 Å². The molecule has 2 aromatic rings. The third kappa shape index (κ3) is 4.92. The van der Waals surface area contributed by atoms with E-state index >= 15 is 0 Å². The number of hydrogen-bond donors (Lipinski definition) is 1. The van der Waals surface area contributed by atoms with Crippen LogP contribution in [0.2, 0.25) is 10.0 Å². The lowest BCUT2D eigenvalue weighted by molar-refractivity contribution is -0.156. The zero-order valence-corrected chi connectivity index (χ0v) is 19.0. The summed E-state index contributed by atoms with van der Waals surface area (Å²) in [5, 5.41) is 3.32. The van der Waals surface area contributed by atoms with E-state index in [0.717, 1.165) is 30.5 Å². The molecule has 32 heavy (non-hydrogen) atoms. The number of rotatable bonds is 5. The van der Waals surface area contributed by atoms with Crippen molar-refractivity contribution in [3.05, 3.63) is 58.1 Å². The van der Waals surface area contributed by atoms with Gasteiger partial charge in [0.25, 0.3) is 5.91 Å². The molecule has 1 aliphatic heterocycles. The van der Waals surface area contributed by atoms with E-state index in [9.17, 15) is 14.4 Å². The molecule has 1 saturated carbocycles. The number of carbonyl (C=O) groups is 3. The first-order valence-electron chi connectivity index (χ1n) is 10.7. The molecular formula is C24H24Cl2N2O4. The van der Waals surface area contributed by atoms with Crippen molar-refractivity contribution < 1.29 is 19.1 Å². The van der Waals surface area contributed by atoms with Gasteiger partial charge in [-0.3, -0.25) is 14.4 Å². The van der Waals surface area contributed by atoms with E-state index in [1.165, 1.54) is 6.07 Å². The molecule has 2 amide bonds. The highest BCUT2D eigenvalue weighted by Gasteiger charge is 2.40. The second-order valence-electron chi connectivity index (χ2n) is 8.15. The zero-order valence-electron chi connectivity index (χ0n) is 17.5. The van der Waals surface area contributed by atoms with Gasteiger partial charge in [-0.05, 0) is 49.1 Å². The molecule has 8 heteroatoms. The average molecular weight is 475 g/mol. The number of ether oxygens (including phenoxy) is 1. The van der Waals surface area contributed by atoms with Crippen molar-refractivity contribution in [1.29, 1.82) is 0 Å². The first-order valence-corrected chi connectivity index (χ1v) is 11.5. The summed E-state index contributed by atoms with van der Waals surface area (Å²) >= 11 is 11.8. The second kappa shape index (κ2) is 9.92. The average Bonchev–Trinajstić information content (AvgIpc) is 3.23. The van der Waals surface area contributed by atoms with E-state index in [0.29, 0.717) is 35.1 Å². The van der Waals surface area contributed by atoms with Gasteiger partial charge in [-0.2, -0.15) is 0 Å². The minimum absolute atomic E-state index is 0.0307. The standard InChI is InChI=1S/C24H24Cl2N2O4/c25-19-10-9-16(13-20(19)26)27-22(29)14-32-24(31)18-7-3-2-6-17(18)23(30)28-12-11-15-5-1-4-8-21(15)28/h1,4-5,8-10,13,17-18H,2-3,6-7,11-12,14H2,(H,27,29). The van der Waals surface area contributed by atoms with Crippen LogP contribution in [0.3, 0.4) is 0 Å². The first-order chi connectivity index (χ1) is 15.4. The topological polar surface area (TPSA) is 75.7 Å². The SMILES string of the molecule is O=C(COC(=O)C1CCCCC1C(=O)N1CCc2ccccc21)Nc1ccc(Cl)c(Cl)c1. The van der Waals surface area contributed by atoms with E-state index < -0.39 is 30.3 Å². The van der Waals surface area contributed by atoms with Crippen molar-refractivity contribution in [3.63, 3.8) is 0 Å². The highest BCUT2D eigenvalue weighted by atomic mass is 35.5. The van der Waals surface area contributed by atoms with E-state index in [-0.39, 0.29) is 5.91 Å². The normalized spacial score (nSPS) is 19.9. The number of carbonyl (C=O) groups excluding carboxylic acids is 3.